The monoisotopic (exact) mass is 408 g/mol. The third-order valence-electron chi connectivity index (χ3n) is 4.34. The van der Waals surface area contributed by atoms with Gasteiger partial charge in [0.05, 0.1) is 25.1 Å². The van der Waals surface area contributed by atoms with Crippen LogP contribution in [0.1, 0.15) is 31.9 Å². The molecule has 1 aromatic carbocycles. The van der Waals surface area contributed by atoms with E-state index < -0.39 is 11.6 Å². The van der Waals surface area contributed by atoms with Gasteiger partial charge >= 0.3 is 0 Å². The molecule has 2 N–H and O–H groups in total. The van der Waals surface area contributed by atoms with Crippen molar-refractivity contribution in [2.45, 2.75) is 44.8 Å². The lowest BCUT2D eigenvalue weighted by Crippen LogP contribution is -2.27. The van der Waals surface area contributed by atoms with E-state index in [1.54, 1.807) is 6.20 Å². The van der Waals surface area contributed by atoms with Gasteiger partial charge in [-0.25, -0.2) is 4.39 Å². The largest absolute Gasteiger partial charge is 0.494 e. The van der Waals surface area contributed by atoms with Crippen molar-refractivity contribution < 1.29 is 28.2 Å². The maximum absolute atomic E-state index is 12.5. The summed E-state index contributed by atoms with van der Waals surface area (Å²) in [4.78, 5) is 16.2. The minimum absolute atomic E-state index is 0.0694. The van der Waals surface area contributed by atoms with E-state index in [1.807, 2.05) is 19.1 Å². The van der Waals surface area contributed by atoms with Crippen LogP contribution in [0.4, 0.5) is 14.5 Å². The Balaban J connectivity index is 0.000000253. The Morgan fingerprint density at radius 1 is 1.31 bits per heavy atom. The lowest BCUT2D eigenvalue weighted by atomic mass is 10.2. The Kier molecular flexibility index (Phi) is 8.95. The standard InChI is InChI=1S/C14H20N2O3.C7H6F2O/c1-10-4-7-13(19-10)14(18)16-12-6-5-11(15-9-12)3-2-8-17;1-10-6-4-2-3-5(8)7(6)9/h5-6,9-10,13,17H,2-4,7-8H2,1H3,(H,16,18);2-4H,1H3. The van der Waals surface area contributed by atoms with Gasteiger partial charge in [-0.05, 0) is 56.9 Å². The second-order valence-electron chi connectivity index (χ2n) is 6.62. The summed E-state index contributed by atoms with van der Waals surface area (Å²) in [6.07, 6.45) is 4.60. The third-order valence-corrected chi connectivity index (χ3v) is 4.34. The van der Waals surface area contributed by atoms with E-state index in [0.717, 1.165) is 31.0 Å². The third kappa shape index (κ3) is 7.07. The molecule has 2 atom stereocenters. The molecule has 2 aromatic rings. The highest BCUT2D eigenvalue weighted by molar-refractivity contribution is 5.94. The minimum Gasteiger partial charge on any atom is -0.494 e. The molecule has 1 amide bonds. The predicted octanol–water partition coefficient (Wildman–Crippen LogP) is 3.49. The number of ether oxygens (including phenoxy) is 2. The summed E-state index contributed by atoms with van der Waals surface area (Å²) in [7, 11) is 1.29. The number of aliphatic hydroxyl groups is 1. The van der Waals surface area contributed by atoms with Gasteiger partial charge < -0.3 is 19.9 Å². The van der Waals surface area contributed by atoms with Crippen molar-refractivity contribution in [3.8, 4) is 5.75 Å². The van der Waals surface area contributed by atoms with Gasteiger partial charge in [0.25, 0.3) is 5.91 Å². The highest BCUT2D eigenvalue weighted by Gasteiger charge is 2.28. The van der Waals surface area contributed by atoms with Crippen molar-refractivity contribution in [3.05, 3.63) is 53.9 Å². The van der Waals surface area contributed by atoms with Crippen molar-refractivity contribution in [3.63, 3.8) is 0 Å². The number of carbonyl (C=O) groups is 1. The molecule has 29 heavy (non-hydrogen) atoms. The zero-order chi connectivity index (χ0) is 21.2. The number of nitrogens with one attached hydrogen (secondary N) is 1. The average Bonchev–Trinajstić information content (AvgIpc) is 3.16. The highest BCUT2D eigenvalue weighted by atomic mass is 19.2. The van der Waals surface area contributed by atoms with Crippen LogP contribution in [0, 0.1) is 11.6 Å². The molecule has 1 aliphatic rings. The molecule has 0 bridgehead atoms. The number of halogens is 2. The zero-order valence-electron chi connectivity index (χ0n) is 16.5. The van der Waals surface area contributed by atoms with Crippen LogP contribution in [0.2, 0.25) is 0 Å². The van der Waals surface area contributed by atoms with E-state index in [9.17, 15) is 13.6 Å². The fraction of sp³-hybridized carbons (Fsp3) is 0.429. The molecule has 8 heteroatoms. The number of pyridine rings is 1. The molecule has 158 valence electrons. The summed E-state index contributed by atoms with van der Waals surface area (Å²) in [5, 5.41) is 11.6. The number of hydrogen-bond acceptors (Lipinski definition) is 5. The van der Waals surface area contributed by atoms with E-state index in [0.29, 0.717) is 12.1 Å². The van der Waals surface area contributed by atoms with Crippen molar-refractivity contribution in [1.29, 1.82) is 0 Å². The molecule has 0 spiro atoms. The highest BCUT2D eigenvalue weighted by Crippen LogP contribution is 2.20. The second-order valence-corrected chi connectivity index (χ2v) is 6.62. The van der Waals surface area contributed by atoms with Crippen LogP contribution >= 0.6 is 0 Å². The second kappa shape index (κ2) is 11.4. The van der Waals surface area contributed by atoms with Gasteiger partial charge in [0.15, 0.2) is 11.6 Å². The van der Waals surface area contributed by atoms with Crippen LogP contribution in [0.15, 0.2) is 36.5 Å². The van der Waals surface area contributed by atoms with E-state index >= 15 is 0 Å². The van der Waals surface area contributed by atoms with Gasteiger partial charge in [-0.1, -0.05) is 6.07 Å². The Hall–Kier alpha value is -2.58. The fourth-order valence-electron chi connectivity index (χ4n) is 2.77. The van der Waals surface area contributed by atoms with Gasteiger partial charge in [-0.15, -0.1) is 0 Å². The SMILES string of the molecule is CC1CCC(C(=O)Nc2ccc(CCCO)nc2)O1.COc1cccc(F)c1F. The first kappa shape index (κ1) is 22.7. The number of carbonyl (C=O) groups excluding carboxylic acids is 1. The number of methoxy groups -OCH3 is 1. The van der Waals surface area contributed by atoms with E-state index in [2.05, 4.69) is 15.0 Å². The summed E-state index contributed by atoms with van der Waals surface area (Å²) in [5.74, 6) is -2.00. The molecular formula is C21H26F2N2O4. The molecule has 0 radical (unpaired) electrons. The number of hydrogen-bond donors (Lipinski definition) is 2. The molecule has 0 saturated carbocycles. The van der Waals surface area contributed by atoms with Gasteiger partial charge in [0.2, 0.25) is 5.82 Å². The van der Waals surface area contributed by atoms with Crippen LogP contribution in [0.25, 0.3) is 0 Å². The molecule has 1 saturated heterocycles. The van der Waals surface area contributed by atoms with Gasteiger partial charge in [-0.2, -0.15) is 4.39 Å². The first-order chi connectivity index (χ1) is 13.9. The molecule has 3 rings (SSSR count). The van der Waals surface area contributed by atoms with Crippen molar-refractivity contribution in [2.75, 3.05) is 19.0 Å². The summed E-state index contributed by atoms with van der Waals surface area (Å²) < 4.78 is 34.8. The fourth-order valence-corrected chi connectivity index (χ4v) is 2.77. The molecule has 1 fully saturated rings. The molecule has 1 aromatic heterocycles. The average molecular weight is 408 g/mol. The quantitative estimate of drug-likeness (QED) is 0.765. The molecule has 2 heterocycles. The summed E-state index contributed by atoms with van der Waals surface area (Å²) >= 11 is 0. The lowest BCUT2D eigenvalue weighted by molar-refractivity contribution is -0.126. The number of benzene rings is 1. The van der Waals surface area contributed by atoms with Crippen LogP contribution < -0.4 is 10.1 Å². The summed E-state index contributed by atoms with van der Waals surface area (Å²) in [5.41, 5.74) is 1.60. The number of rotatable bonds is 6. The number of aromatic nitrogens is 1. The predicted molar refractivity (Wildman–Crippen MR) is 105 cm³/mol. The van der Waals surface area contributed by atoms with E-state index in [4.69, 9.17) is 9.84 Å². The number of anilines is 1. The normalized spacial score (nSPS) is 18.0. The molecule has 2 unspecified atom stereocenters. The molecular weight excluding hydrogens is 382 g/mol. The van der Waals surface area contributed by atoms with Gasteiger partial charge in [0, 0.05) is 12.3 Å². The van der Waals surface area contributed by atoms with Crippen LogP contribution in [-0.4, -0.2) is 41.9 Å². The molecule has 6 nitrogen and oxygen atoms in total. The zero-order valence-corrected chi connectivity index (χ0v) is 16.5. The Morgan fingerprint density at radius 3 is 2.66 bits per heavy atom. The van der Waals surface area contributed by atoms with Crippen molar-refractivity contribution in [1.82, 2.24) is 4.98 Å². The smallest absolute Gasteiger partial charge is 0.253 e. The molecule has 0 aliphatic carbocycles. The molecule has 1 aliphatic heterocycles. The minimum atomic E-state index is -0.940. The van der Waals surface area contributed by atoms with Crippen molar-refractivity contribution in [2.24, 2.45) is 0 Å². The van der Waals surface area contributed by atoms with Crippen molar-refractivity contribution >= 4 is 11.6 Å². The summed E-state index contributed by atoms with van der Waals surface area (Å²) in [6.45, 7) is 2.14. The maximum Gasteiger partial charge on any atom is 0.253 e. The van der Waals surface area contributed by atoms with Gasteiger partial charge in [-0.3, -0.25) is 9.78 Å². The summed E-state index contributed by atoms with van der Waals surface area (Å²) in [6, 6.07) is 7.48. The van der Waals surface area contributed by atoms with Crippen LogP contribution in [-0.2, 0) is 16.0 Å². The Morgan fingerprint density at radius 2 is 2.10 bits per heavy atom. The Bertz CT molecular complexity index is 787. The number of aryl methyl sites for hydroxylation is 1. The first-order valence-corrected chi connectivity index (χ1v) is 9.44. The Labute approximate surface area is 168 Å². The van der Waals surface area contributed by atoms with Crippen LogP contribution in [0.5, 0.6) is 5.75 Å². The van der Waals surface area contributed by atoms with Crippen LogP contribution in [0.3, 0.4) is 0 Å². The lowest BCUT2D eigenvalue weighted by Gasteiger charge is -2.11. The number of aliphatic hydroxyl groups excluding tert-OH is 1. The number of nitrogens with zero attached hydrogens (tertiary/aromatic N) is 1. The van der Waals surface area contributed by atoms with E-state index in [1.165, 1.54) is 19.2 Å². The first-order valence-electron chi connectivity index (χ1n) is 9.44. The van der Waals surface area contributed by atoms with E-state index in [-0.39, 0.29) is 30.5 Å². The number of amides is 1. The van der Waals surface area contributed by atoms with Gasteiger partial charge in [0.1, 0.15) is 6.10 Å². The topological polar surface area (TPSA) is 80.7 Å². The maximum atomic E-state index is 12.5.